The monoisotopic (exact) mass is 248 g/mol. The molecule has 0 spiro atoms. The molecule has 18 heavy (non-hydrogen) atoms. The molecule has 0 radical (unpaired) electrons. The van der Waals surface area contributed by atoms with Gasteiger partial charge in [0.15, 0.2) is 0 Å². The maximum atomic E-state index is 5.10. The quantitative estimate of drug-likeness (QED) is 0.785. The lowest BCUT2D eigenvalue weighted by Gasteiger charge is -2.00. The van der Waals surface area contributed by atoms with Gasteiger partial charge in [0.1, 0.15) is 5.69 Å². The van der Waals surface area contributed by atoms with Gasteiger partial charge in [-0.1, -0.05) is 18.1 Å². The second kappa shape index (κ2) is 6.11. The van der Waals surface area contributed by atoms with E-state index in [4.69, 9.17) is 9.26 Å². The number of rotatable bonds is 6. The smallest absolute Gasteiger partial charge is 0.321 e. The van der Waals surface area contributed by atoms with Gasteiger partial charge in [-0.2, -0.15) is 4.98 Å². The standard InChI is InChI=1S/C12H16N4O2/c1-3-9-5-4-6-13-10(9)11-15-12(18-16-11)14-7-8-17-2/h4-6H,3,7-8H2,1-2H3,(H,14,15,16). The van der Waals surface area contributed by atoms with Gasteiger partial charge < -0.3 is 14.6 Å². The van der Waals surface area contributed by atoms with E-state index in [0.717, 1.165) is 17.7 Å². The van der Waals surface area contributed by atoms with Gasteiger partial charge in [-0.15, -0.1) is 0 Å². The number of hydrogen-bond donors (Lipinski definition) is 1. The molecule has 2 heterocycles. The third kappa shape index (κ3) is 2.84. The lowest BCUT2D eigenvalue weighted by Crippen LogP contribution is -2.07. The van der Waals surface area contributed by atoms with Crippen LogP contribution in [0.5, 0.6) is 0 Å². The molecular weight excluding hydrogens is 232 g/mol. The molecule has 1 N–H and O–H groups in total. The fourth-order valence-corrected chi connectivity index (χ4v) is 1.58. The second-order valence-electron chi connectivity index (χ2n) is 3.71. The lowest BCUT2D eigenvalue weighted by molar-refractivity contribution is 0.210. The Kier molecular flexibility index (Phi) is 4.25. The Balaban J connectivity index is 2.13. The van der Waals surface area contributed by atoms with E-state index in [2.05, 4.69) is 27.4 Å². The molecule has 2 aromatic heterocycles. The van der Waals surface area contributed by atoms with Crippen LogP contribution < -0.4 is 5.32 Å². The molecule has 6 heteroatoms. The Morgan fingerprint density at radius 3 is 3.11 bits per heavy atom. The molecule has 0 bridgehead atoms. The van der Waals surface area contributed by atoms with E-state index in [0.29, 0.717) is 25.0 Å². The minimum Gasteiger partial charge on any atom is -0.383 e. The first kappa shape index (κ1) is 12.5. The predicted octanol–water partition coefficient (Wildman–Crippen LogP) is 1.75. The summed E-state index contributed by atoms with van der Waals surface area (Å²) in [4.78, 5) is 8.55. The zero-order chi connectivity index (χ0) is 12.8. The van der Waals surface area contributed by atoms with Crippen LogP contribution in [0.3, 0.4) is 0 Å². The van der Waals surface area contributed by atoms with Crippen molar-refractivity contribution in [1.29, 1.82) is 0 Å². The highest BCUT2D eigenvalue weighted by atomic mass is 16.5. The summed E-state index contributed by atoms with van der Waals surface area (Å²) in [5.41, 5.74) is 1.87. The fourth-order valence-electron chi connectivity index (χ4n) is 1.58. The van der Waals surface area contributed by atoms with E-state index in [-0.39, 0.29) is 0 Å². The first-order valence-corrected chi connectivity index (χ1v) is 5.86. The van der Waals surface area contributed by atoms with Crippen molar-refractivity contribution in [3.05, 3.63) is 23.9 Å². The molecule has 0 unspecified atom stereocenters. The zero-order valence-corrected chi connectivity index (χ0v) is 10.5. The van der Waals surface area contributed by atoms with Crippen LogP contribution >= 0.6 is 0 Å². The number of nitrogens with one attached hydrogen (secondary N) is 1. The summed E-state index contributed by atoms with van der Waals surface area (Å²) in [6.45, 7) is 3.28. The average Bonchev–Trinajstić information content (AvgIpc) is 2.88. The molecule has 0 saturated carbocycles. The van der Waals surface area contributed by atoms with Crippen LogP contribution in [0.2, 0.25) is 0 Å². The van der Waals surface area contributed by atoms with Gasteiger partial charge in [0.2, 0.25) is 5.82 Å². The molecule has 0 aliphatic heterocycles. The van der Waals surface area contributed by atoms with Gasteiger partial charge in [-0.25, -0.2) is 0 Å². The fraction of sp³-hybridized carbons (Fsp3) is 0.417. The third-order valence-corrected chi connectivity index (χ3v) is 2.49. The number of methoxy groups -OCH3 is 1. The topological polar surface area (TPSA) is 73.1 Å². The largest absolute Gasteiger partial charge is 0.383 e. The van der Waals surface area contributed by atoms with E-state index >= 15 is 0 Å². The van der Waals surface area contributed by atoms with Crippen molar-refractivity contribution >= 4 is 6.01 Å². The molecule has 96 valence electrons. The maximum Gasteiger partial charge on any atom is 0.321 e. The number of pyridine rings is 1. The van der Waals surface area contributed by atoms with Crippen molar-refractivity contribution in [2.75, 3.05) is 25.6 Å². The Morgan fingerprint density at radius 2 is 2.33 bits per heavy atom. The molecule has 2 aromatic rings. The van der Waals surface area contributed by atoms with Gasteiger partial charge in [0.25, 0.3) is 0 Å². The van der Waals surface area contributed by atoms with Crippen molar-refractivity contribution < 1.29 is 9.26 Å². The molecule has 0 atom stereocenters. The summed E-state index contributed by atoms with van der Waals surface area (Å²) in [6, 6.07) is 4.30. The number of aryl methyl sites for hydroxylation is 1. The summed E-state index contributed by atoms with van der Waals surface area (Å²) >= 11 is 0. The summed E-state index contributed by atoms with van der Waals surface area (Å²) in [6.07, 6.45) is 2.60. The number of anilines is 1. The highest BCUT2D eigenvalue weighted by molar-refractivity contribution is 5.55. The van der Waals surface area contributed by atoms with E-state index in [1.807, 2.05) is 12.1 Å². The van der Waals surface area contributed by atoms with Crippen molar-refractivity contribution in [1.82, 2.24) is 15.1 Å². The predicted molar refractivity (Wildman–Crippen MR) is 67.3 cm³/mol. The summed E-state index contributed by atoms with van der Waals surface area (Å²) in [5.74, 6) is 0.507. The van der Waals surface area contributed by atoms with Crippen LogP contribution in [0.15, 0.2) is 22.9 Å². The third-order valence-electron chi connectivity index (χ3n) is 2.49. The molecule has 0 fully saturated rings. The Morgan fingerprint density at radius 1 is 1.44 bits per heavy atom. The molecule has 0 aromatic carbocycles. The number of aromatic nitrogens is 3. The first-order chi connectivity index (χ1) is 8.85. The van der Waals surface area contributed by atoms with Crippen LogP contribution in [0.25, 0.3) is 11.5 Å². The molecule has 2 rings (SSSR count). The van der Waals surface area contributed by atoms with Gasteiger partial charge in [-0.05, 0) is 18.1 Å². The van der Waals surface area contributed by atoms with Crippen LogP contribution in [-0.4, -0.2) is 35.4 Å². The highest BCUT2D eigenvalue weighted by Gasteiger charge is 2.12. The van der Waals surface area contributed by atoms with Crippen LogP contribution in [0, 0.1) is 0 Å². The number of nitrogens with zero attached hydrogens (tertiary/aromatic N) is 3. The highest BCUT2D eigenvalue weighted by Crippen LogP contribution is 2.19. The second-order valence-corrected chi connectivity index (χ2v) is 3.71. The molecule has 0 aliphatic carbocycles. The summed E-state index contributed by atoms with van der Waals surface area (Å²) in [7, 11) is 1.64. The lowest BCUT2D eigenvalue weighted by atomic mass is 10.1. The van der Waals surface area contributed by atoms with Gasteiger partial charge >= 0.3 is 6.01 Å². The van der Waals surface area contributed by atoms with Gasteiger partial charge in [0.05, 0.1) is 6.61 Å². The summed E-state index contributed by atoms with van der Waals surface area (Å²) < 4.78 is 10.0. The van der Waals surface area contributed by atoms with Gasteiger partial charge in [0, 0.05) is 19.9 Å². The Bertz CT molecular complexity index is 498. The van der Waals surface area contributed by atoms with Crippen molar-refractivity contribution in [3.8, 4) is 11.5 Å². The minimum atomic E-state index is 0.384. The molecule has 0 saturated heterocycles. The van der Waals surface area contributed by atoms with Crippen LogP contribution in [0.1, 0.15) is 12.5 Å². The minimum absolute atomic E-state index is 0.384. The molecular formula is C12H16N4O2. The Hall–Kier alpha value is -1.95. The number of ether oxygens (including phenoxy) is 1. The van der Waals surface area contributed by atoms with E-state index in [9.17, 15) is 0 Å². The van der Waals surface area contributed by atoms with E-state index < -0.39 is 0 Å². The summed E-state index contributed by atoms with van der Waals surface area (Å²) in [5, 5.41) is 6.90. The van der Waals surface area contributed by atoms with Crippen molar-refractivity contribution in [2.24, 2.45) is 0 Å². The molecule has 0 aliphatic rings. The normalized spacial score (nSPS) is 10.6. The van der Waals surface area contributed by atoms with Crippen molar-refractivity contribution in [2.45, 2.75) is 13.3 Å². The first-order valence-electron chi connectivity index (χ1n) is 5.86. The number of hydrogen-bond acceptors (Lipinski definition) is 6. The van der Waals surface area contributed by atoms with E-state index in [1.165, 1.54) is 0 Å². The average molecular weight is 248 g/mol. The maximum absolute atomic E-state index is 5.10. The van der Waals surface area contributed by atoms with Crippen LogP contribution in [0.4, 0.5) is 6.01 Å². The van der Waals surface area contributed by atoms with Gasteiger partial charge in [-0.3, -0.25) is 4.98 Å². The SMILES string of the molecule is CCc1cccnc1-c1noc(NCCOC)n1. The Labute approximate surface area is 105 Å². The van der Waals surface area contributed by atoms with E-state index in [1.54, 1.807) is 13.3 Å². The zero-order valence-electron chi connectivity index (χ0n) is 10.5. The van der Waals surface area contributed by atoms with Crippen molar-refractivity contribution in [3.63, 3.8) is 0 Å². The van der Waals surface area contributed by atoms with Crippen LogP contribution in [-0.2, 0) is 11.2 Å². The molecule has 0 amide bonds. The molecule has 6 nitrogen and oxygen atoms in total.